The van der Waals surface area contributed by atoms with Gasteiger partial charge in [0.2, 0.25) is 0 Å². The second-order valence-electron chi connectivity index (χ2n) is 4.02. The van der Waals surface area contributed by atoms with Gasteiger partial charge in [0, 0.05) is 10.8 Å². The van der Waals surface area contributed by atoms with Crippen LogP contribution in [0.4, 0.5) is 4.39 Å². The summed E-state index contributed by atoms with van der Waals surface area (Å²) in [5, 5.41) is 13.4. The van der Waals surface area contributed by atoms with Gasteiger partial charge in [0.05, 0.1) is 10.7 Å². The number of rotatable bonds is 2. The normalized spacial score (nSPS) is 13.1. The summed E-state index contributed by atoms with van der Waals surface area (Å²) in [4.78, 5) is 4.21. The molecule has 0 aliphatic heterocycles. The molecule has 2 heterocycles. The summed E-state index contributed by atoms with van der Waals surface area (Å²) >= 11 is 1.46. The van der Waals surface area contributed by atoms with Crippen LogP contribution in [0.15, 0.2) is 34.1 Å². The Labute approximate surface area is 107 Å². The van der Waals surface area contributed by atoms with Crippen molar-refractivity contribution in [1.82, 2.24) is 4.98 Å². The summed E-state index contributed by atoms with van der Waals surface area (Å²) in [6.07, 6.45) is -0.912. The molecule has 1 atom stereocenters. The molecule has 0 fully saturated rings. The predicted octanol–water partition coefficient (Wildman–Crippen LogP) is 3.42. The van der Waals surface area contributed by atoms with Gasteiger partial charge in [0.1, 0.15) is 17.2 Å². The number of thiazole rings is 1. The number of hydrogen-bond donors (Lipinski definition) is 1. The Bertz CT molecular complexity index is 704. The minimum atomic E-state index is -0.912. The van der Waals surface area contributed by atoms with Crippen molar-refractivity contribution in [1.29, 1.82) is 0 Å². The molecule has 0 saturated heterocycles. The standard InChI is InChI=1S/C13H10FNO2S/c1-7-15-10(6-18-7)13(16)12-5-8-4-9(14)2-3-11(8)17-12/h2-6,13,16H,1H3. The van der Waals surface area contributed by atoms with Crippen molar-refractivity contribution >= 4 is 22.3 Å². The summed E-state index contributed by atoms with van der Waals surface area (Å²) in [7, 11) is 0. The lowest BCUT2D eigenvalue weighted by Gasteiger charge is -2.02. The van der Waals surface area contributed by atoms with Gasteiger partial charge >= 0.3 is 0 Å². The molecule has 5 heteroatoms. The maximum absolute atomic E-state index is 13.1. The molecular weight excluding hydrogens is 253 g/mol. The van der Waals surface area contributed by atoms with E-state index >= 15 is 0 Å². The predicted molar refractivity (Wildman–Crippen MR) is 67.1 cm³/mol. The lowest BCUT2D eigenvalue weighted by atomic mass is 10.2. The summed E-state index contributed by atoms with van der Waals surface area (Å²) in [5.74, 6) is 0.0507. The van der Waals surface area contributed by atoms with Crippen LogP contribution in [0.5, 0.6) is 0 Å². The van der Waals surface area contributed by atoms with Crippen LogP contribution in [0.2, 0.25) is 0 Å². The summed E-state index contributed by atoms with van der Waals surface area (Å²) in [5.41, 5.74) is 1.11. The van der Waals surface area contributed by atoms with E-state index in [4.69, 9.17) is 4.42 Å². The molecule has 2 aromatic heterocycles. The molecule has 1 aromatic carbocycles. The highest BCUT2D eigenvalue weighted by Crippen LogP contribution is 2.29. The molecule has 0 amide bonds. The van der Waals surface area contributed by atoms with Crippen molar-refractivity contribution in [2.45, 2.75) is 13.0 Å². The van der Waals surface area contributed by atoms with Gasteiger partial charge in [-0.25, -0.2) is 9.37 Å². The molecule has 3 aromatic rings. The van der Waals surface area contributed by atoms with E-state index in [2.05, 4.69) is 4.98 Å². The Balaban J connectivity index is 2.03. The quantitative estimate of drug-likeness (QED) is 0.770. The molecule has 0 bridgehead atoms. The molecule has 3 rings (SSSR count). The molecule has 0 radical (unpaired) electrons. The number of nitrogens with zero attached hydrogens (tertiary/aromatic N) is 1. The number of aliphatic hydroxyl groups is 1. The Morgan fingerprint density at radius 3 is 2.94 bits per heavy atom. The molecule has 0 aliphatic rings. The smallest absolute Gasteiger partial charge is 0.154 e. The summed E-state index contributed by atoms with van der Waals surface area (Å²) in [6.45, 7) is 1.87. The Morgan fingerprint density at radius 2 is 2.22 bits per heavy atom. The first-order chi connectivity index (χ1) is 8.63. The molecule has 18 heavy (non-hydrogen) atoms. The second-order valence-corrected chi connectivity index (χ2v) is 5.09. The van der Waals surface area contributed by atoms with E-state index in [1.54, 1.807) is 17.5 Å². The maximum Gasteiger partial charge on any atom is 0.154 e. The fourth-order valence-corrected chi connectivity index (χ4v) is 2.45. The van der Waals surface area contributed by atoms with Crippen LogP contribution in [0.25, 0.3) is 11.0 Å². The number of halogens is 1. The van der Waals surface area contributed by atoms with Crippen LogP contribution in [-0.2, 0) is 0 Å². The van der Waals surface area contributed by atoms with Gasteiger partial charge in [-0.15, -0.1) is 11.3 Å². The molecule has 1 N–H and O–H groups in total. The number of aromatic nitrogens is 1. The summed E-state index contributed by atoms with van der Waals surface area (Å²) in [6, 6.07) is 5.89. The Hall–Kier alpha value is -1.72. The van der Waals surface area contributed by atoms with E-state index in [0.29, 0.717) is 22.4 Å². The van der Waals surface area contributed by atoms with Crippen LogP contribution in [0, 0.1) is 12.7 Å². The first-order valence-electron chi connectivity index (χ1n) is 5.42. The minimum Gasteiger partial charge on any atom is -0.458 e. The van der Waals surface area contributed by atoms with Gasteiger partial charge in [-0.05, 0) is 31.2 Å². The average molecular weight is 263 g/mol. The van der Waals surface area contributed by atoms with E-state index in [9.17, 15) is 9.50 Å². The van der Waals surface area contributed by atoms with Crippen molar-refractivity contribution in [2.75, 3.05) is 0 Å². The highest BCUT2D eigenvalue weighted by atomic mass is 32.1. The first-order valence-corrected chi connectivity index (χ1v) is 6.30. The lowest BCUT2D eigenvalue weighted by Crippen LogP contribution is -1.98. The Morgan fingerprint density at radius 1 is 1.39 bits per heavy atom. The number of furan rings is 1. The van der Waals surface area contributed by atoms with E-state index in [0.717, 1.165) is 5.01 Å². The zero-order chi connectivity index (χ0) is 12.7. The van der Waals surface area contributed by atoms with Crippen LogP contribution in [0.3, 0.4) is 0 Å². The number of fused-ring (bicyclic) bond motifs is 1. The SMILES string of the molecule is Cc1nc(C(O)c2cc3cc(F)ccc3o2)cs1. The number of aryl methyl sites for hydroxylation is 1. The minimum absolute atomic E-state index is 0.325. The first kappa shape index (κ1) is 11.4. The van der Waals surface area contributed by atoms with Crippen molar-refractivity contribution in [2.24, 2.45) is 0 Å². The molecular formula is C13H10FNO2S. The van der Waals surface area contributed by atoms with E-state index in [1.165, 1.54) is 23.5 Å². The molecule has 0 aliphatic carbocycles. The molecule has 0 spiro atoms. The largest absolute Gasteiger partial charge is 0.458 e. The van der Waals surface area contributed by atoms with Crippen LogP contribution in [0.1, 0.15) is 22.6 Å². The zero-order valence-electron chi connectivity index (χ0n) is 9.55. The number of aliphatic hydroxyl groups excluding tert-OH is 1. The summed E-state index contributed by atoms with van der Waals surface area (Å²) < 4.78 is 18.6. The van der Waals surface area contributed by atoms with Crippen LogP contribution >= 0.6 is 11.3 Å². The van der Waals surface area contributed by atoms with Gasteiger partial charge in [-0.2, -0.15) is 0 Å². The molecule has 3 nitrogen and oxygen atoms in total. The van der Waals surface area contributed by atoms with E-state index in [-0.39, 0.29) is 5.82 Å². The number of hydrogen-bond acceptors (Lipinski definition) is 4. The van der Waals surface area contributed by atoms with Gasteiger partial charge in [0.25, 0.3) is 0 Å². The van der Waals surface area contributed by atoms with Crippen molar-refractivity contribution in [3.63, 3.8) is 0 Å². The lowest BCUT2D eigenvalue weighted by molar-refractivity contribution is 0.188. The fraction of sp³-hybridized carbons (Fsp3) is 0.154. The molecule has 92 valence electrons. The fourth-order valence-electron chi connectivity index (χ4n) is 1.82. The Kier molecular flexibility index (Phi) is 2.65. The average Bonchev–Trinajstić information content (AvgIpc) is 2.93. The van der Waals surface area contributed by atoms with Crippen molar-refractivity contribution < 1.29 is 13.9 Å². The molecule has 1 unspecified atom stereocenters. The second kappa shape index (κ2) is 4.19. The van der Waals surface area contributed by atoms with Gasteiger partial charge in [-0.3, -0.25) is 0 Å². The number of benzene rings is 1. The van der Waals surface area contributed by atoms with E-state index in [1.807, 2.05) is 6.92 Å². The zero-order valence-corrected chi connectivity index (χ0v) is 10.4. The van der Waals surface area contributed by atoms with Crippen LogP contribution < -0.4 is 0 Å². The highest BCUT2D eigenvalue weighted by Gasteiger charge is 2.18. The topological polar surface area (TPSA) is 46.3 Å². The monoisotopic (exact) mass is 263 g/mol. The van der Waals surface area contributed by atoms with Crippen molar-refractivity contribution in [3.8, 4) is 0 Å². The third kappa shape index (κ3) is 1.91. The van der Waals surface area contributed by atoms with Gasteiger partial charge in [-0.1, -0.05) is 0 Å². The third-order valence-electron chi connectivity index (χ3n) is 2.68. The highest BCUT2D eigenvalue weighted by molar-refractivity contribution is 7.09. The van der Waals surface area contributed by atoms with Crippen LogP contribution in [-0.4, -0.2) is 10.1 Å². The third-order valence-corrected chi connectivity index (χ3v) is 3.48. The van der Waals surface area contributed by atoms with Gasteiger partial charge < -0.3 is 9.52 Å². The molecule has 0 saturated carbocycles. The van der Waals surface area contributed by atoms with E-state index < -0.39 is 6.10 Å². The van der Waals surface area contributed by atoms with Gasteiger partial charge in [0.15, 0.2) is 6.10 Å². The maximum atomic E-state index is 13.1. The van der Waals surface area contributed by atoms with Crippen molar-refractivity contribution in [3.05, 3.63) is 51.9 Å².